The van der Waals surface area contributed by atoms with Gasteiger partial charge in [0, 0.05) is 19.8 Å². The molecule has 1 aromatic rings. The first kappa shape index (κ1) is 19.8. The molecule has 25 heavy (non-hydrogen) atoms. The number of hydrogen-bond acceptors (Lipinski definition) is 5. The van der Waals surface area contributed by atoms with Crippen molar-refractivity contribution in [3.8, 4) is 12.1 Å². The molecule has 0 bridgehead atoms. The summed E-state index contributed by atoms with van der Waals surface area (Å²) in [5.74, 6) is -1.39. The van der Waals surface area contributed by atoms with Crippen LogP contribution in [0.4, 0.5) is 18.9 Å². The molecule has 0 aliphatic rings. The highest BCUT2D eigenvalue weighted by atomic mass is 19.4. The highest BCUT2D eigenvalue weighted by Crippen LogP contribution is 2.18. The summed E-state index contributed by atoms with van der Waals surface area (Å²) in [5, 5.41) is 17.7. The molecule has 0 N–H and O–H groups in total. The smallest absolute Gasteiger partial charge is 0.422 e. The molecule has 0 radical (unpaired) electrons. The fraction of sp³-hybridized carbons (Fsp3) is 0.235. The average molecular weight is 349 g/mol. The minimum Gasteiger partial charge on any atom is -0.452 e. The number of nitrogens with zero attached hydrogens (tertiary/aromatic N) is 3. The first-order valence-electron chi connectivity index (χ1n) is 6.91. The third-order valence-corrected chi connectivity index (χ3v) is 2.93. The van der Waals surface area contributed by atoms with Gasteiger partial charge in [-0.25, -0.2) is 4.79 Å². The maximum Gasteiger partial charge on any atom is 0.422 e. The fourth-order valence-corrected chi connectivity index (χ4v) is 1.69. The molecule has 0 saturated heterocycles. The second-order valence-corrected chi connectivity index (χ2v) is 5.02. The number of rotatable bonds is 5. The highest BCUT2D eigenvalue weighted by Gasteiger charge is 2.30. The summed E-state index contributed by atoms with van der Waals surface area (Å²) in [6, 6.07) is 9.94. The summed E-state index contributed by atoms with van der Waals surface area (Å²) in [6.45, 7) is -1.80. The van der Waals surface area contributed by atoms with Gasteiger partial charge >= 0.3 is 12.1 Å². The van der Waals surface area contributed by atoms with Crippen LogP contribution < -0.4 is 4.90 Å². The molecule has 1 rings (SSSR count). The second kappa shape index (κ2) is 8.55. The summed E-state index contributed by atoms with van der Waals surface area (Å²) >= 11 is 0. The van der Waals surface area contributed by atoms with E-state index in [4.69, 9.17) is 10.5 Å². The van der Waals surface area contributed by atoms with E-state index in [0.29, 0.717) is 5.56 Å². The van der Waals surface area contributed by atoms with Crippen LogP contribution in [0, 0.1) is 22.7 Å². The molecule has 130 valence electrons. The van der Waals surface area contributed by atoms with Crippen molar-refractivity contribution in [2.45, 2.75) is 6.18 Å². The number of nitriles is 2. The molecular weight excluding hydrogens is 335 g/mol. The standard InChI is InChI=1S/C17H14F3N3O2/c1-23(2)14-6-3-12(4-7-14)5-8-15(13(9-21)10-22)16(24)25-11-17(18,19)20/h3-8H,11H2,1-2H3/b8-5+. The van der Waals surface area contributed by atoms with Crippen LogP contribution in [-0.4, -0.2) is 32.8 Å². The molecule has 0 atom stereocenters. The molecule has 8 heteroatoms. The van der Waals surface area contributed by atoms with E-state index in [9.17, 15) is 18.0 Å². The van der Waals surface area contributed by atoms with Gasteiger partial charge in [-0.05, 0) is 23.8 Å². The van der Waals surface area contributed by atoms with Crippen molar-refractivity contribution < 1.29 is 22.7 Å². The summed E-state index contributed by atoms with van der Waals surface area (Å²) in [7, 11) is 3.71. The van der Waals surface area contributed by atoms with Gasteiger partial charge in [0.1, 0.15) is 17.7 Å². The van der Waals surface area contributed by atoms with Gasteiger partial charge in [0.05, 0.1) is 5.57 Å². The topological polar surface area (TPSA) is 77.1 Å². The van der Waals surface area contributed by atoms with Gasteiger partial charge in [0.25, 0.3) is 0 Å². The van der Waals surface area contributed by atoms with Gasteiger partial charge in [-0.3, -0.25) is 0 Å². The molecule has 5 nitrogen and oxygen atoms in total. The molecule has 0 unspecified atom stereocenters. The molecule has 0 aromatic heterocycles. The van der Waals surface area contributed by atoms with Crippen molar-refractivity contribution in [1.82, 2.24) is 0 Å². The predicted molar refractivity (Wildman–Crippen MR) is 85.1 cm³/mol. The van der Waals surface area contributed by atoms with Gasteiger partial charge < -0.3 is 9.64 Å². The third kappa shape index (κ3) is 6.40. The Kier molecular flexibility index (Phi) is 6.77. The second-order valence-electron chi connectivity index (χ2n) is 5.02. The normalized spacial score (nSPS) is 10.7. The van der Waals surface area contributed by atoms with E-state index in [1.165, 1.54) is 18.2 Å². The number of anilines is 1. The number of hydrogen-bond donors (Lipinski definition) is 0. The molecule has 0 spiro atoms. The zero-order valence-corrected chi connectivity index (χ0v) is 13.5. The van der Waals surface area contributed by atoms with E-state index in [1.54, 1.807) is 24.3 Å². The number of carbonyl (C=O) groups excluding carboxylic acids is 1. The van der Waals surface area contributed by atoms with E-state index in [1.807, 2.05) is 19.0 Å². The van der Waals surface area contributed by atoms with E-state index in [0.717, 1.165) is 11.8 Å². The fourth-order valence-electron chi connectivity index (χ4n) is 1.69. The Morgan fingerprint density at radius 1 is 1.20 bits per heavy atom. The summed E-state index contributed by atoms with van der Waals surface area (Å²) in [4.78, 5) is 13.6. The van der Waals surface area contributed by atoms with Crippen LogP contribution in [0.15, 0.2) is 41.5 Å². The van der Waals surface area contributed by atoms with Crippen LogP contribution >= 0.6 is 0 Å². The van der Waals surface area contributed by atoms with Crippen molar-refractivity contribution in [2.75, 3.05) is 25.6 Å². The number of allylic oxidation sites excluding steroid dienone is 1. The molecule has 0 fully saturated rings. The Morgan fingerprint density at radius 3 is 2.20 bits per heavy atom. The highest BCUT2D eigenvalue weighted by molar-refractivity contribution is 5.95. The molecule has 0 saturated carbocycles. The van der Waals surface area contributed by atoms with Crippen molar-refractivity contribution in [2.24, 2.45) is 0 Å². The number of halogens is 3. The van der Waals surface area contributed by atoms with E-state index >= 15 is 0 Å². The average Bonchev–Trinajstić information content (AvgIpc) is 2.56. The van der Waals surface area contributed by atoms with Crippen LogP contribution in [0.5, 0.6) is 0 Å². The van der Waals surface area contributed by atoms with E-state index < -0.39 is 29.9 Å². The summed E-state index contributed by atoms with van der Waals surface area (Å²) < 4.78 is 40.6. The number of alkyl halides is 3. The van der Waals surface area contributed by atoms with Crippen LogP contribution in [-0.2, 0) is 9.53 Å². The van der Waals surface area contributed by atoms with Crippen molar-refractivity contribution in [3.05, 3.63) is 47.1 Å². The molecule has 0 amide bonds. The minimum atomic E-state index is -4.70. The lowest BCUT2D eigenvalue weighted by Gasteiger charge is -2.11. The first-order valence-corrected chi connectivity index (χ1v) is 6.91. The van der Waals surface area contributed by atoms with Gasteiger partial charge in [0.15, 0.2) is 6.61 Å². The predicted octanol–water partition coefficient (Wildman–Crippen LogP) is 3.22. The minimum absolute atomic E-state index is 0.536. The summed E-state index contributed by atoms with van der Waals surface area (Å²) in [6.07, 6.45) is -2.21. The SMILES string of the molecule is CN(C)c1ccc(/C=C/C(C(=O)OCC(F)(F)F)=C(C#N)C#N)cc1. The van der Waals surface area contributed by atoms with Gasteiger partial charge in [0.2, 0.25) is 0 Å². The van der Waals surface area contributed by atoms with Crippen molar-refractivity contribution in [3.63, 3.8) is 0 Å². The number of esters is 1. The molecule has 0 aliphatic heterocycles. The zero-order valence-electron chi connectivity index (χ0n) is 13.5. The van der Waals surface area contributed by atoms with E-state index in [2.05, 4.69) is 4.74 Å². The first-order chi connectivity index (χ1) is 11.7. The Bertz CT molecular complexity index is 748. The largest absolute Gasteiger partial charge is 0.452 e. The number of ether oxygens (including phenoxy) is 1. The zero-order chi connectivity index (χ0) is 19.0. The Balaban J connectivity index is 3.07. The lowest BCUT2D eigenvalue weighted by Crippen LogP contribution is -2.21. The maximum absolute atomic E-state index is 12.2. The third-order valence-electron chi connectivity index (χ3n) is 2.93. The van der Waals surface area contributed by atoms with E-state index in [-0.39, 0.29) is 0 Å². The quantitative estimate of drug-likeness (QED) is 0.353. The summed E-state index contributed by atoms with van der Waals surface area (Å²) in [5.41, 5.74) is 0.383. The molecule has 1 aromatic carbocycles. The molecule has 0 aliphatic carbocycles. The monoisotopic (exact) mass is 349 g/mol. The van der Waals surface area contributed by atoms with Crippen LogP contribution in [0.1, 0.15) is 5.56 Å². The molecular formula is C17H14F3N3O2. The van der Waals surface area contributed by atoms with Crippen LogP contribution in [0.2, 0.25) is 0 Å². The van der Waals surface area contributed by atoms with Gasteiger partial charge in [-0.2, -0.15) is 23.7 Å². The Labute approximate surface area is 142 Å². The van der Waals surface area contributed by atoms with Gasteiger partial charge in [-0.1, -0.05) is 18.2 Å². The number of carbonyl (C=O) groups is 1. The van der Waals surface area contributed by atoms with Crippen LogP contribution in [0.25, 0.3) is 6.08 Å². The van der Waals surface area contributed by atoms with Crippen molar-refractivity contribution >= 4 is 17.7 Å². The molecule has 0 heterocycles. The van der Waals surface area contributed by atoms with Gasteiger partial charge in [-0.15, -0.1) is 0 Å². The van der Waals surface area contributed by atoms with Crippen LogP contribution in [0.3, 0.4) is 0 Å². The van der Waals surface area contributed by atoms with Crippen molar-refractivity contribution in [1.29, 1.82) is 10.5 Å². The Hall–Kier alpha value is -3.26. The lowest BCUT2D eigenvalue weighted by atomic mass is 10.1. The number of benzene rings is 1. The Morgan fingerprint density at radius 2 is 1.76 bits per heavy atom. The maximum atomic E-state index is 12.2. The lowest BCUT2D eigenvalue weighted by molar-refractivity contribution is -0.183.